The summed E-state index contributed by atoms with van der Waals surface area (Å²) in [7, 11) is 0. The van der Waals surface area contributed by atoms with Gasteiger partial charge in [-0.1, -0.05) is 70.2 Å². The van der Waals surface area contributed by atoms with Crippen molar-refractivity contribution in [3.05, 3.63) is 76.1 Å². The molecule has 0 amide bonds. The van der Waals surface area contributed by atoms with Crippen LogP contribution >= 0.6 is 27.7 Å². The van der Waals surface area contributed by atoms with E-state index in [0.717, 1.165) is 15.8 Å². The van der Waals surface area contributed by atoms with E-state index < -0.39 is 0 Å². The van der Waals surface area contributed by atoms with E-state index in [1.54, 1.807) is 0 Å². The average molecular weight is 390 g/mol. The lowest BCUT2D eigenvalue weighted by Crippen LogP contribution is -2.13. The van der Waals surface area contributed by atoms with Crippen molar-refractivity contribution in [1.29, 1.82) is 0 Å². The van der Waals surface area contributed by atoms with E-state index in [0.29, 0.717) is 17.5 Å². The number of rotatable bonds is 6. The summed E-state index contributed by atoms with van der Waals surface area (Å²) >= 11 is 4.94. The quantitative estimate of drug-likeness (QED) is 0.634. The molecule has 3 aromatic rings. The van der Waals surface area contributed by atoms with E-state index in [4.69, 9.17) is 10.2 Å². The van der Waals surface area contributed by atoms with E-state index in [9.17, 15) is 0 Å². The Morgan fingerprint density at radius 1 is 1.00 bits per heavy atom. The van der Waals surface area contributed by atoms with Crippen LogP contribution in [0.4, 0.5) is 0 Å². The van der Waals surface area contributed by atoms with Crippen molar-refractivity contribution in [2.24, 2.45) is 5.73 Å². The lowest BCUT2D eigenvalue weighted by molar-refractivity contribution is 0.385. The lowest BCUT2D eigenvalue weighted by atomic mass is 10.1. The number of nitrogens with zero attached hydrogens (tertiary/aromatic N) is 2. The molecule has 23 heavy (non-hydrogen) atoms. The molecule has 0 aliphatic heterocycles. The topological polar surface area (TPSA) is 64.9 Å². The van der Waals surface area contributed by atoms with Gasteiger partial charge in [-0.2, -0.15) is 0 Å². The number of thioether (sulfide) groups is 1. The predicted molar refractivity (Wildman–Crippen MR) is 95.1 cm³/mol. The standard InChI is InChI=1S/C17H16BrN3OS/c18-14-8-6-13(7-9-14)11-23-17-21-20-16(22-17)15(19)10-12-4-2-1-3-5-12/h1-9,15H,10-11,19H2. The molecule has 118 valence electrons. The number of aromatic nitrogens is 2. The molecule has 4 nitrogen and oxygen atoms in total. The fraction of sp³-hybridized carbons (Fsp3) is 0.176. The molecular formula is C17H16BrN3OS. The zero-order chi connectivity index (χ0) is 16.1. The first-order valence-corrected chi connectivity index (χ1v) is 8.99. The van der Waals surface area contributed by atoms with Gasteiger partial charge in [0.25, 0.3) is 5.22 Å². The highest BCUT2D eigenvalue weighted by molar-refractivity contribution is 9.10. The molecule has 0 saturated carbocycles. The minimum absolute atomic E-state index is 0.285. The van der Waals surface area contributed by atoms with Gasteiger partial charge in [0.05, 0.1) is 6.04 Å². The Morgan fingerprint density at radius 3 is 2.48 bits per heavy atom. The fourth-order valence-corrected chi connectivity index (χ4v) is 3.10. The third-order valence-corrected chi connectivity index (χ3v) is 4.73. The van der Waals surface area contributed by atoms with Gasteiger partial charge in [-0.15, -0.1) is 10.2 Å². The molecule has 2 N–H and O–H groups in total. The van der Waals surface area contributed by atoms with Crippen molar-refractivity contribution < 1.29 is 4.42 Å². The van der Waals surface area contributed by atoms with Gasteiger partial charge in [0.2, 0.25) is 5.89 Å². The van der Waals surface area contributed by atoms with Crippen LogP contribution in [-0.2, 0) is 12.2 Å². The maximum absolute atomic E-state index is 6.15. The first-order valence-electron chi connectivity index (χ1n) is 7.21. The van der Waals surface area contributed by atoms with Crippen molar-refractivity contribution in [1.82, 2.24) is 10.2 Å². The lowest BCUT2D eigenvalue weighted by Gasteiger charge is -2.06. The molecular weight excluding hydrogens is 374 g/mol. The second kappa shape index (κ2) is 7.77. The Kier molecular flexibility index (Phi) is 5.48. The van der Waals surface area contributed by atoms with Crippen LogP contribution in [0.1, 0.15) is 23.1 Å². The van der Waals surface area contributed by atoms with Gasteiger partial charge in [0.1, 0.15) is 0 Å². The summed E-state index contributed by atoms with van der Waals surface area (Å²) in [6.45, 7) is 0. The van der Waals surface area contributed by atoms with Gasteiger partial charge in [0.15, 0.2) is 0 Å². The summed E-state index contributed by atoms with van der Waals surface area (Å²) < 4.78 is 6.74. The van der Waals surface area contributed by atoms with E-state index in [1.165, 1.54) is 17.3 Å². The summed E-state index contributed by atoms with van der Waals surface area (Å²) in [4.78, 5) is 0. The second-order valence-corrected chi connectivity index (χ2v) is 6.96. The highest BCUT2D eigenvalue weighted by Gasteiger charge is 2.15. The van der Waals surface area contributed by atoms with Crippen LogP contribution < -0.4 is 5.73 Å². The minimum atomic E-state index is -0.285. The fourth-order valence-electron chi connectivity index (χ4n) is 2.11. The molecule has 1 heterocycles. The zero-order valence-electron chi connectivity index (χ0n) is 12.4. The molecule has 0 spiro atoms. The predicted octanol–water partition coefficient (Wildman–Crippen LogP) is 4.37. The molecule has 1 aromatic heterocycles. The van der Waals surface area contributed by atoms with Crippen LogP contribution in [0.15, 0.2) is 68.7 Å². The largest absolute Gasteiger partial charge is 0.414 e. The van der Waals surface area contributed by atoms with Gasteiger partial charge in [-0.05, 0) is 29.7 Å². The van der Waals surface area contributed by atoms with Crippen molar-refractivity contribution in [3.8, 4) is 0 Å². The van der Waals surface area contributed by atoms with Gasteiger partial charge in [-0.25, -0.2) is 0 Å². The maximum atomic E-state index is 6.15. The third kappa shape index (κ3) is 4.67. The minimum Gasteiger partial charge on any atom is -0.414 e. The maximum Gasteiger partial charge on any atom is 0.276 e. The average Bonchev–Trinajstić information content (AvgIpc) is 3.04. The van der Waals surface area contributed by atoms with Gasteiger partial charge < -0.3 is 10.2 Å². The highest BCUT2D eigenvalue weighted by atomic mass is 79.9. The van der Waals surface area contributed by atoms with Gasteiger partial charge in [0, 0.05) is 10.2 Å². The van der Waals surface area contributed by atoms with Gasteiger partial charge in [-0.3, -0.25) is 0 Å². The Balaban J connectivity index is 1.58. The second-order valence-electron chi connectivity index (χ2n) is 5.12. The first-order chi connectivity index (χ1) is 11.2. The van der Waals surface area contributed by atoms with Crippen LogP contribution in [0.5, 0.6) is 0 Å². The van der Waals surface area contributed by atoms with Crippen molar-refractivity contribution in [2.45, 2.75) is 23.4 Å². The van der Waals surface area contributed by atoms with Crippen LogP contribution in [0.3, 0.4) is 0 Å². The summed E-state index contributed by atoms with van der Waals surface area (Å²) in [5.74, 6) is 1.26. The molecule has 0 aliphatic carbocycles. The van der Waals surface area contributed by atoms with Crippen molar-refractivity contribution in [2.75, 3.05) is 0 Å². The smallest absolute Gasteiger partial charge is 0.276 e. The Hall–Kier alpha value is -1.63. The monoisotopic (exact) mass is 389 g/mol. The molecule has 1 unspecified atom stereocenters. The number of halogens is 1. The van der Waals surface area contributed by atoms with Crippen LogP contribution in [0, 0.1) is 0 Å². The Morgan fingerprint density at radius 2 is 1.74 bits per heavy atom. The van der Waals surface area contributed by atoms with E-state index in [-0.39, 0.29) is 6.04 Å². The Bertz CT molecular complexity index is 746. The van der Waals surface area contributed by atoms with Crippen molar-refractivity contribution >= 4 is 27.7 Å². The number of hydrogen-bond donors (Lipinski definition) is 1. The molecule has 0 aliphatic rings. The van der Waals surface area contributed by atoms with Crippen LogP contribution in [-0.4, -0.2) is 10.2 Å². The van der Waals surface area contributed by atoms with E-state index in [2.05, 4.69) is 38.3 Å². The molecule has 6 heteroatoms. The molecule has 0 radical (unpaired) electrons. The molecule has 2 aromatic carbocycles. The van der Waals surface area contributed by atoms with Crippen LogP contribution in [0.2, 0.25) is 0 Å². The summed E-state index contributed by atoms with van der Waals surface area (Å²) in [5.41, 5.74) is 8.51. The summed E-state index contributed by atoms with van der Waals surface area (Å²) in [6, 6.07) is 17.9. The normalized spacial score (nSPS) is 12.3. The Labute approximate surface area is 147 Å². The van der Waals surface area contributed by atoms with Crippen molar-refractivity contribution in [3.63, 3.8) is 0 Å². The van der Waals surface area contributed by atoms with E-state index in [1.807, 2.05) is 42.5 Å². The molecule has 3 rings (SSSR count). The van der Waals surface area contributed by atoms with Gasteiger partial charge >= 0.3 is 0 Å². The third-order valence-electron chi connectivity index (χ3n) is 3.31. The zero-order valence-corrected chi connectivity index (χ0v) is 14.8. The SMILES string of the molecule is NC(Cc1ccccc1)c1nnc(SCc2ccc(Br)cc2)o1. The molecule has 0 saturated heterocycles. The highest BCUT2D eigenvalue weighted by Crippen LogP contribution is 2.24. The number of nitrogens with two attached hydrogens (primary N) is 1. The van der Waals surface area contributed by atoms with Crippen LogP contribution in [0.25, 0.3) is 0 Å². The number of hydrogen-bond acceptors (Lipinski definition) is 5. The first kappa shape index (κ1) is 16.2. The molecule has 1 atom stereocenters. The molecule has 0 fully saturated rings. The summed E-state index contributed by atoms with van der Waals surface area (Å²) in [6.07, 6.45) is 0.680. The van der Waals surface area contributed by atoms with E-state index >= 15 is 0 Å². The molecule has 0 bridgehead atoms. The summed E-state index contributed by atoms with van der Waals surface area (Å²) in [5, 5.41) is 8.68. The number of benzene rings is 2.